The summed E-state index contributed by atoms with van der Waals surface area (Å²) in [6.45, 7) is 9.06. The number of rotatable bonds is 8. The second kappa shape index (κ2) is 9.03. The Hall–Kier alpha value is -1.10. The molecular weight excluding hydrogens is 268 g/mol. The highest BCUT2D eigenvalue weighted by molar-refractivity contribution is 5.79. The van der Waals surface area contributed by atoms with E-state index in [1.165, 1.54) is 0 Å². The molecule has 1 rings (SSSR count). The van der Waals surface area contributed by atoms with Crippen LogP contribution in [0.5, 0.6) is 0 Å². The summed E-state index contributed by atoms with van der Waals surface area (Å²) >= 11 is 0. The summed E-state index contributed by atoms with van der Waals surface area (Å²) in [6.07, 6.45) is 4.45. The first-order valence-electron chi connectivity index (χ1n) is 8.24. The SMILES string of the molecule is CCCCN(CC(=O)N1CCC(C(=O)O)CC1)C(C)CC. The molecule has 0 aromatic heterocycles. The Morgan fingerprint density at radius 1 is 1.29 bits per heavy atom. The lowest BCUT2D eigenvalue weighted by atomic mass is 9.97. The Morgan fingerprint density at radius 2 is 1.90 bits per heavy atom. The maximum Gasteiger partial charge on any atom is 0.306 e. The van der Waals surface area contributed by atoms with Crippen molar-refractivity contribution in [2.45, 2.75) is 58.9 Å². The van der Waals surface area contributed by atoms with Gasteiger partial charge in [-0.1, -0.05) is 20.3 Å². The number of piperidine rings is 1. The molecule has 0 bridgehead atoms. The number of hydrogen-bond donors (Lipinski definition) is 1. The first-order chi connectivity index (χ1) is 9.99. The zero-order valence-corrected chi connectivity index (χ0v) is 13.7. The first kappa shape index (κ1) is 18.0. The van der Waals surface area contributed by atoms with E-state index in [1.54, 1.807) is 0 Å². The average molecular weight is 298 g/mol. The molecule has 1 N–H and O–H groups in total. The molecule has 1 fully saturated rings. The first-order valence-corrected chi connectivity index (χ1v) is 8.24. The van der Waals surface area contributed by atoms with Crippen molar-refractivity contribution in [1.82, 2.24) is 9.80 Å². The number of aliphatic carboxylic acids is 1. The number of amides is 1. The van der Waals surface area contributed by atoms with Crippen molar-refractivity contribution < 1.29 is 14.7 Å². The van der Waals surface area contributed by atoms with Gasteiger partial charge in [-0.25, -0.2) is 0 Å². The lowest BCUT2D eigenvalue weighted by Crippen LogP contribution is -2.47. The summed E-state index contributed by atoms with van der Waals surface area (Å²) in [5.41, 5.74) is 0. The quantitative estimate of drug-likeness (QED) is 0.746. The molecule has 1 unspecified atom stereocenters. The Morgan fingerprint density at radius 3 is 2.38 bits per heavy atom. The van der Waals surface area contributed by atoms with Crippen LogP contribution < -0.4 is 0 Å². The Balaban J connectivity index is 2.48. The van der Waals surface area contributed by atoms with Crippen molar-refractivity contribution in [3.05, 3.63) is 0 Å². The largest absolute Gasteiger partial charge is 0.481 e. The van der Waals surface area contributed by atoms with E-state index < -0.39 is 5.97 Å². The molecule has 1 amide bonds. The molecule has 1 aliphatic heterocycles. The van der Waals surface area contributed by atoms with Crippen LogP contribution in [-0.2, 0) is 9.59 Å². The van der Waals surface area contributed by atoms with Gasteiger partial charge < -0.3 is 10.0 Å². The number of carboxylic acid groups (broad SMARTS) is 1. The van der Waals surface area contributed by atoms with Crippen molar-refractivity contribution in [1.29, 1.82) is 0 Å². The molecule has 0 radical (unpaired) electrons. The molecule has 5 nitrogen and oxygen atoms in total. The molecule has 122 valence electrons. The van der Waals surface area contributed by atoms with Gasteiger partial charge in [0.15, 0.2) is 0 Å². The van der Waals surface area contributed by atoms with E-state index in [0.29, 0.717) is 38.5 Å². The Labute approximate surface area is 128 Å². The summed E-state index contributed by atoms with van der Waals surface area (Å²) in [5, 5.41) is 9.00. The highest BCUT2D eigenvalue weighted by Gasteiger charge is 2.28. The van der Waals surface area contributed by atoms with Gasteiger partial charge in [0, 0.05) is 19.1 Å². The minimum Gasteiger partial charge on any atom is -0.481 e. The van der Waals surface area contributed by atoms with E-state index in [1.807, 2.05) is 4.90 Å². The normalized spacial score (nSPS) is 18.0. The molecule has 0 spiro atoms. The Bertz CT molecular complexity index is 338. The van der Waals surface area contributed by atoms with Gasteiger partial charge in [0.05, 0.1) is 12.5 Å². The maximum atomic E-state index is 12.4. The summed E-state index contributed by atoms with van der Waals surface area (Å²) in [7, 11) is 0. The fourth-order valence-corrected chi connectivity index (χ4v) is 2.72. The molecule has 1 aliphatic rings. The minimum atomic E-state index is -0.730. The molecule has 1 saturated heterocycles. The second-order valence-electron chi connectivity index (χ2n) is 6.07. The third-order valence-electron chi connectivity index (χ3n) is 4.55. The third kappa shape index (κ3) is 5.65. The van der Waals surface area contributed by atoms with Crippen LogP contribution in [0.4, 0.5) is 0 Å². The van der Waals surface area contributed by atoms with Crippen molar-refractivity contribution in [3.8, 4) is 0 Å². The Kier molecular flexibility index (Phi) is 7.72. The number of nitrogens with zero attached hydrogens (tertiary/aromatic N) is 2. The standard InChI is InChI=1S/C16H30N2O3/c1-4-6-9-18(13(3)5-2)12-15(19)17-10-7-14(8-11-17)16(20)21/h13-14H,4-12H2,1-3H3,(H,20,21). The molecule has 5 heteroatoms. The molecule has 0 aromatic rings. The lowest BCUT2D eigenvalue weighted by molar-refractivity contribution is -0.146. The number of carboxylic acids is 1. The van der Waals surface area contributed by atoms with Gasteiger partial charge in [-0.3, -0.25) is 14.5 Å². The van der Waals surface area contributed by atoms with Gasteiger partial charge in [0.25, 0.3) is 0 Å². The van der Waals surface area contributed by atoms with Crippen LogP contribution in [-0.4, -0.2) is 59.0 Å². The summed E-state index contributed by atoms with van der Waals surface area (Å²) in [5.74, 6) is -0.860. The molecule has 21 heavy (non-hydrogen) atoms. The fourth-order valence-electron chi connectivity index (χ4n) is 2.72. The number of unbranched alkanes of at least 4 members (excludes halogenated alkanes) is 1. The molecule has 1 atom stereocenters. The zero-order valence-electron chi connectivity index (χ0n) is 13.7. The van der Waals surface area contributed by atoms with Crippen molar-refractivity contribution in [2.75, 3.05) is 26.2 Å². The highest BCUT2D eigenvalue weighted by atomic mass is 16.4. The lowest BCUT2D eigenvalue weighted by Gasteiger charge is -2.34. The summed E-state index contributed by atoms with van der Waals surface area (Å²) < 4.78 is 0. The van der Waals surface area contributed by atoms with E-state index in [0.717, 1.165) is 25.8 Å². The molecule has 0 aromatic carbocycles. The number of carbonyl (C=O) groups excluding carboxylic acids is 1. The van der Waals surface area contributed by atoms with Crippen molar-refractivity contribution in [2.24, 2.45) is 5.92 Å². The van der Waals surface area contributed by atoms with Gasteiger partial charge in [-0.2, -0.15) is 0 Å². The number of carbonyl (C=O) groups is 2. The van der Waals surface area contributed by atoms with Crippen LogP contribution in [0.15, 0.2) is 0 Å². The van der Waals surface area contributed by atoms with Gasteiger partial charge >= 0.3 is 5.97 Å². The van der Waals surface area contributed by atoms with E-state index >= 15 is 0 Å². The predicted molar refractivity (Wildman–Crippen MR) is 83.2 cm³/mol. The topological polar surface area (TPSA) is 60.9 Å². The van der Waals surface area contributed by atoms with Crippen LogP contribution in [0.2, 0.25) is 0 Å². The molecule has 1 heterocycles. The predicted octanol–water partition coefficient (Wildman–Crippen LogP) is 2.21. The maximum absolute atomic E-state index is 12.4. The fraction of sp³-hybridized carbons (Fsp3) is 0.875. The van der Waals surface area contributed by atoms with E-state index in [-0.39, 0.29) is 11.8 Å². The number of likely N-dealkylation sites (tertiary alicyclic amines) is 1. The van der Waals surface area contributed by atoms with Crippen LogP contribution in [0.1, 0.15) is 52.9 Å². The third-order valence-corrected chi connectivity index (χ3v) is 4.55. The van der Waals surface area contributed by atoms with Crippen molar-refractivity contribution in [3.63, 3.8) is 0 Å². The van der Waals surface area contributed by atoms with Crippen LogP contribution in [0, 0.1) is 5.92 Å². The van der Waals surface area contributed by atoms with E-state index in [2.05, 4.69) is 25.7 Å². The highest BCUT2D eigenvalue weighted by Crippen LogP contribution is 2.18. The van der Waals surface area contributed by atoms with E-state index in [9.17, 15) is 9.59 Å². The molecule has 0 saturated carbocycles. The smallest absolute Gasteiger partial charge is 0.306 e. The average Bonchev–Trinajstić information content (AvgIpc) is 2.50. The van der Waals surface area contributed by atoms with Gasteiger partial charge in [-0.05, 0) is 39.2 Å². The van der Waals surface area contributed by atoms with E-state index in [4.69, 9.17) is 5.11 Å². The summed E-state index contributed by atoms with van der Waals surface area (Å²) in [4.78, 5) is 27.4. The molecular formula is C16H30N2O3. The van der Waals surface area contributed by atoms with Crippen LogP contribution in [0.3, 0.4) is 0 Å². The van der Waals surface area contributed by atoms with Crippen LogP contribution in [0.25, 0.3) is 0 Å². The molecule has 0 aliphatic carbocycles. The van der Waals surface area contributed by atoms with Gasteiger partial charge in [0.2, 0.25) is 5.91 Å². The van der Waals surface area contributed by atoms with Crippen molar-refractivity contribution >= 4 is 11.9 Å². The zero-order chi connectivity index (χ0) is 15.8. The monoisotopic (exact) mass is 298 g/mol. The second-order valence-corrected chi connectivity index (χ2v) is 6.07. The van der Waals surface area contributed by atoms with Gasteiger partial charge in [-0.15, -0.1) is 0 Å². The van der Waals surface area contributed by atoms with Crippen LogP contribution >= 0.6 is 0 Å². The number of hydrogen-bond acceptors (Lipinski definition) is 3. The summed E-state index contributed by atoms with van der Waals surface area (Å²) in [6, 6.07) is 0.414. The van der Waals surface area contributed by atoms with Gasteiger partial charge in [0.1, 0.15) is 0 Å². The minimum absolute atomic E-state index is 0.148.